The summed E-state index contributed by atoms with van der Waals surface area (Å²) in [6, 6.07) is -0.906. The molecule has 10 heteroatoms. The van der Waals surface area contributed by atoms with Crippen molar-refractivity contribution < 1.29 is 37.3 Å². The van der Waals surface area contributed by atoms with Gasteiger partial charge in [-0.1, -0.05) is 240 Å². The molecule has 0 saturated heterocycles. The Balaban J connectivity index is 5.22. The van der Waals surface area contributed by atoms with E-state index in [9.17, 15) is 19.0 Å². The lowest BCUT2D eigenvalue weighted by Crippen LogP contribution is -2.47. The molecule has 0 spiro atoms. The zero-order chi connectivity index (χ0) is 56.4. The van der Waals surface area contributed by atoms with E-state index in [1.807, 2.05) is 33.3 Å². The van der Waals surface area contributed by atoms with E-state index in [-0.39, 0.29) is 24.9 Å². The number of likely N-dealkylation sites (N-methyl/N-ethyl adjacent to an activating group) is 1. The second-order valence-electron chi connectivity index (χ2n) is 21.8. The lowest BCUT2D eigenvalue weighted by atomic mass is 10.0. The third kappa shape index (κ3) is 57.2. The van der Waals surface area contributed by atoms with Crippen molar-refractivity contribution in [2.24, 2.45) is 0 Å². The minimum atomic E-state index is -4.71. The summed E-state index contributed by atoms with van der Waals surface area (Å²) in [6.07, 6.45) is 76.3. The van der Waals surface area contributed by atoms with Gasteiger partial charge in [-0.3, -0.25) is 14.2 Å². The molecule has 0 aromatic carbocycles. The molecule has 0 aromatic heterocycles. The van der Waals surface area contributed by atoms with Crippen LogP contribution < -0.4 is 10.2 Å². The average molecular weight is 1090 g/mol. The first-order chi connectivity index (χ1) is 37.4. The number of carbonyl (C=O) groups is 2. The largest absolute Gasteiger partial charge is 0.756 e. The average Bonchev–Trinajstić information content (AvgIpc) is 3.39. The molecule has 0 fully saturated rings. The molecule has 77 heavy (non-hydrogen) atoms. The number of rotatable bonds is 55. The molecule has 0 aromatic rings. The van der Waals surface area contributed by atoms with Crippen LogP contribution in [0.2, 0.25) is 0 Å². The summed E-state index contributed by atoms with van der Waals surface area (Å²) in [5.74, 6) is -0.573. The molecule has 1 amide bonds. The second kappa shape index (κ2) is 56.0. The van der Waals surface area contributed by atoms with Gasteiger partial charge < -0.3 is 28.5 Å². The van der Waals surface area contributed by atoms with Crippen molar-refractivity contribution in [2.45, 2.75) is 264 Å². The Bertz CT molecular complexity index is 1690. The SMILES string of the molecule is CC/C=C\C/C=C\C/C=C\C/C=C\C/C=C\C/C=C\CCCCCCCCC(=O)NC(COP(=O)([O-])OCC[N+](C)(C)C)C(/C=C\CCCCCCCCCCCC)OC(=O)CCCCCCCCC/C=C/C/C=C/CC. The molecular formula is C67H117N2O7P. The number of unbranched alkanes of at least 4 members (excludes halogenated alkanes) is 23. The lowest BCUT2D eigenvalue weighted by molar-refractivity contribution is -0.870. The predicted molar refractivity (Wildman–Crippen MR) is 330 cm³/mol. The van der Waals surface area contributed by atoms with Gasteiger partial charge in [0.15, 0.2) is 0 Å². The van der Waals surface area contributed by atoms with E-state index < -0.39 is 26.6 Å². The van der Waals surface area contributed by atoms with Gasteiger partial charge in [-0.25, -0.2) is 0 Å². The van der Waals surface area contributed by atoms with E-state index in [0.717, 1.165) is 135 Å². The van der Waals surface area contributed by atoms with Crippen LogP contribution in [0.15, 0.2) is 109 Å². The number of esters is 1. The van der Waals surface area contributed by atoms with Gasteiger partial charge >= 0.3 is 5.97 Å². The van der Waals surface area contributed by atoms with Crippen molar-refractivity contribution in [3.8, 4) is 0 Å². The fourth-order valence-electron chi connectivity index (χ4n) is 8.44. The van der Waals surface area contributed by atoms with Crippen LogP contribution in [0.25, 0.3) is 0 Å². The highest BCUT2D eigenvalue weighted by Crippen LogP contribution is 2.38. The van der Waals surface area contributed by atoms with Crippen molar-refractivity contribution in [1.29, 1.82) is 0 Å². The van der Waals surface area contributed by atoms with Gasteiger partial charge in [-0.05, 0) is 109 Å². The summed E-state index contributed by atoms with van der Waals surface area (Å²) in [6.45, 7) is 6.59. The van der Waals surface area contributed by atoms with Crippen LogP contribution in [0.3, 0.4) is 0 Å². The Labute approximate surface area is 474 Å². The van der Waals surface area contributed by atoms with Crippen molar-refractivity contribution in [2.75, 3.05) is 40.9 Å². The van der Waals surface area contributed by atoms with Crippen LogP contribution in [0.1, 0.15) is 252 Å². The normalized spacial score (nSPS) is 14.4. The van der Waals surface area contributed by atoms with Gasteiger partial charge in [0.1, 0.15) is 19.3 Å². The molecule has 3 unspecified atom stereocenters. The molecule has 1 N–H and O–H groups in total. The molecule has 0 aliphatic heterocycles. The monoisotopic (exact) mass is 1090 g/mol. The number of hydrogen-bond acceptors (Lipinski definition) is 7. The fraction of sp³-hybridized carbons (Fsp3) is 0.701. The van der Waals surface area contributed by atoms with Crippen LogP contribution in [0.5, 0.6) is 0 Å². The fourth-order valence-corrected chi connectivity index (χ4v) is 9.17. The van der Waals surface area contributed by atoms with E-state index in [0.29, 0.717) is 30.3 Å². The summed E-state index contributed by atoms with van der Waals surface area (Å²) >= 11 is 0. The molecule has 0 bridgehead atoms. The Morgan fingerprint density at radius 3 is 1.25 bits per heavy atom. The van der Waals surface area contributed by atoms with Gasteiger partial charge in [-0.2, -0.15) is 0 Å². The van der Waals surface area contributed by atoms with Crippen molar-refractivity contribution in [1.82, 2.24) is 5.32 Å². The van der Waals surface area contributed by atoms with Crippen LogP contribution in [0.4, 0.5) is 0 Å². The first kappa shape index (κ1) is 73.7. The third-order valence-electron chi connectivity index (χ3n) is 13.2. The summed E-state index contributed by atoms with van der Waals surface area (Å²) in [5, 5.41) is 3.02. The number of phosphoric ester groups is 1. The molecule has 9 nitrogen and oxygen atoms in total. The molecule has 0 saturated carbocycles. The molecule has 0 heterocycles. The van der Waals surface area contributed by atoms with Crippen LogP contribution in [-0.2, 0) is 27.9 Å². The van der Waals surface area contributed by atoms with Crippen LogP contribution >= 0.6 is 7.82 Å². The van der Waals surface area contributed by atoms with Crippen molar-refractivity contribution in [3.63, 3.8) is 0 Å². The quantitative estimate of drug-likeness (QED) is 0.0212. The van der Waals surface area contributed by atoms with Gasteiger partial charge in [0.05, 0.1) is 33.8 Å². The summed E-state index contributed by atoms with van der Waals surface area (Å²) in [7, 11) is 1.15. The molecule has 442 valence electrons. The highest BCUT2D eigenvalue weighted by Gasteiger charge is 2.27. The molecule has 0 radical (unpaired) electrons. The van der Waals surface area contributed by atoms with E-state index >= 15 is 0 Å². The highest BCUT2D eigenvalue weighted by atomic mass is 31.2. The highest BCUT2D eigenvalue weighted by molar-refractivity contribution is 7.45. The molecule has 0 rings (SSSR count). The first-order valence-electron chi connectivity index (χ1n) is 31.2. The standard InChI is InChI=1S/C67H117N2O7P/c1-7-10-13-16-19-22-25-28-30-31-32-33-34-35-36-37-38-39-40-41-44-47-50-53-56-59-66(70)68-64(63-75-77(72,73)74-62-61-69(4,5)6)65(58-55-52-49-46-43-27-24-21-18-15-12-9-3)76-67(71)60-57-54-51-48-45-42-29-26-23-20-17-14-11-8-2/h10-11,13-14,19-20,22-23,28,30,32-33,35-36,38-39,55,58,64-65H,7-9,12,15-18,21,24-27,29,31,34,37,40-54,56-57,59-63H2,1-6H3,(H-,68,70,72,73)/b13-10-,14-11+,22-19-,23-20+,30-28-,33-32-,36-35-,39-38-,58-55-. The predicted octanol–water partition coefficient (Wildman–Crippen LogP) is 18.7. The van der Waals surface area contributed by atoms with Gasteiger partial charge in [0.25, 0.3) is 7.82 Å². The Morgan fingerprint density at radius 1 is 0.468 bits per heavy atom. The second-order valence-corrected chi connectivity index (χ2v) is 23.2. The Morgan fingerprint density at radius 2 is 0.831 bits per heavy atom. The van der Waals surface area contributed by atoms with Crippen molar-refractivity contribution >= 4 is 19.7 Å². The number of ether oxygens (including phenoxy) is 1. The van der Waals surface area contributed by atoms with Gasteiger partial charge in [0, 0.05) is 12.8 Å². The maximum Gasteiger partial charge on any atom is 0.306 e. The number of carbonyl (C=O) groups excluding carboxylic acids is 2. The molecular weight excluding hydrogens is 976 g/mol. The van der Waals surface area contributed by atoms with E-state index in [4.69, 9.17) is 13.8 Å². The minimum Gasteiger partial charge on any atom is -0.756 e. The van der Waals surface area contributed by atoms with Gasteiger partial charge in [-0.15, -0.1) is 0 Å². The maximum atomic E-state index is 13.5. The molecule has 0 aliphatic rings. The summed E-state index contributed by atoms with van der Waals surface area (Å²) in [4.78, 5) is 40.0. The number of nitrogens with zero attached hydrogens (tertiary/aromatic N) is 1. The zero-order valence-electron chi connectivity index (χ0n) is 50.4. The molecule has 0 aliphatic carbocycles. The van der Waals surface area contributed by atoms with Crippen LogP contribution in [0, 0.1) is 0 Å². The minimum absolute atomic E-state index is 0.0322. The lowest BCUT2D eigenvalue weighted by Gasteiger charge is -2.30. The number of hydrogen-bond donors (Lipinski definition) is 1. The van der Waals surface area contributed by atoms with Crippen LogP contribution in [-0.4, -0.2) is 69.4 Å². The topological polar surface area (TPSA) is 114 Å². The summed E-state index contributed by atoms with van der Waals surface area (Å²) < 4.78 is 30.3. The van der Waals surface area contributed by atoms with E-state index in [2.05, 4.69) is 123 Å². The van der Waals surface area contributed by atoms with E-state index in [1.165, 1.54) is 70.6 Å². The Kier molecular flexibility index (Phi) is 53.5. The van der Waals surface area contributed by atoms with Crippen molar-refractivity contribution in [3.05, 3.63) is 109 Å². The number of amides is 1. The van der Waals surface area contributed by atoms with E-state index in [1.54, 1.807) is 0 Å². The number of quaternary nitrogens is 1. The first-order valence-corrected chi connectivity index (χ1v) is 32.7. The number of allylic oxidation sites excluding steroid dienone is 17. The Hall–Kier alpha value is -3.33. The number of phosphoric acid groups is 1. The third-order valence-corrected chi connectivity index (χ3v) is 14.2. The zero-order valence-corrected chi connectivity index (χ0v) is 51.3. The molecule has 3 atom stereocenters. The maximum absolute atomic E-state index is 13.5. The number of nitrogens with one attached hydrogen (secondary N) is 1. The van der Waals surface area contributed by atoms with Gasteiger partial charge in [0.2, 0.25) is 5.91 Å². The summed E-state index contributed by atoms with van der Waals surface area (Å²) in [5.41, 5.74) is 0. The smallest absolute Gasteiger partial charge is 0.306 e.